The van der Waals surface area contributed by atoms with E-state index in [1.165, 1.54) is 6.07 Å². The van der Waals surface area contributed by atoms with Gasteiger partial charge in [0.15, 0.2) is 0 Å². The molecule has 0 spiro atoms. The van der Waals surface area contributed by atoms with Gasteiger partial charge in [0, 0.05) is 19.0 Å². The van der Waals surface area contributed by atoms with Crippen LogP contribution in [0.15, 0.2) is 23.4 Å². The Balaban J connectivity index is 2.02. The number of nitrogens with two attached hydrogens (primary N) is 1. The molecule has 1 unspecified atom stereocenters. The van der Waals surface area contributed by atoms with Gasteiger partial charge in [-0.3, -0.25) is 4.90 Å². The fourth-order valence-corrected chi connectivity index (χ4v) is 2.60. The monoisotopic (exact) mass is 265 g/mol. The normalized spacial score (nSPS) is 21.6. The van der Waals surface area contributed by atoms with E-state index in [0.29, 0.717) is 5.84 Å². The third-order valence-corrected chi connectivity index (χ3v) is 3.74. The van der Waals surface area contributed by atoms with Gasteiger partial charge in [-0.25, -0.2) is 4.39 Å². The lowest BCUT2D eigenvalue weighted by molar-refractivity contribution is 0.192. The van der Waals surface area contributed by atoms with Gasteiger partial charge < -0.3 is 10.9 Å². The molecule has 5 heteroatoms. The number of aryl methyl sites for hydroxylation is 1. The summed E-state index contributed by atoms with van der Waals surface area (Å²) < 4.78 is 13.1. The molecule has 104 valence electrons. The summed E-state index contributed by atoms with van der Waals surface area (Å²) in [6.45, 7) is 4.48. The molecule has 1 aromatic carbocycles. The van der Waals surface area contributed by atoms with Gasteiger partial charge in [-0.15, -0.1) is 0 Å². The maximum absolute atomic E-state index is 13.1. The highest BCUT2D eigenvalue weighted by atomic mass is 19.1. The molecule has 1 aromatic rings. The Labute approximate surface area is 112 Å². The van der Waals surface area contributed by atoms with Crippen molar-refractivity contribution in [3.05, 3.63) is 35.1 Å². The molecule has 4 nitrogen and oxygen atoms in total. The van der Waals surface area contributed by atoms with E-state index in [0.717, 1.165) is 43.6 Å². The van der Waals surface area contributed by atoms with E-state index in [1.54, 1.807) is 6.07 Å². The first-order valence-corrected chi connectivity index (χ1v) is 6.55. The Bertz CT molecular complexity index is 476. The highest BCUT2D eigenvalue weighted by molar-refractivity contribution is 5.82. The minimum absolute atomic E-state index is 0.111. The number of piperidine rings is 1. The summed E-state index contributed by atoms with van der Waals surface area (Å²) in [5.41, 5.74) is 7.77. The summed E-state index contributed by atoms with van der Waals surface area (Å²) >= 11 is 0. The molecular formula is C14H20FN3O. The van der Waals surface area contributed by atoms with Gasteiger partial charge in [-0.2, -0.15) is 0 Å². The van der Waals surface area contributed by atoms with Gasteiger partial charge in [0.05, 0.1) is 0 Å². The number of benzene rings is 1. The second-order valence-corrected chi connectivity index (χ2v) is 5.17. The number of nitrogens with zero attached hydrogens (tertiary/aromatic N) is 2. The van der Waals surface area contributed by atoms with Crippen molar-refractivity contribution < 1.29 is 9.60 Å². The van der Waals surface area contributed by atoms with Gasteiger partial charge in [-0.05, 0) is 49.6 Å². The molecule has 0 aromatic heterocycles. The first-order valence-electron chi connectivity index (χ1n) is 6.55. The van der Waals surface area contributed by atoms with Crippen LogP contribution in [0.25, 0.3) is 0 Å². The minimum Gasteiger partial charge on any atom is -0.409 e. The number of hydrogen-bond donors (Lipinski definition) is 2. The van der Waals surface area contributed by atoms with Gasteiger partial charge >= 0.3 is 0 Å². The Kier molecular flexibility index (Phi) is 4.37. The Morgan fingerprint density at radius 3 is 3.05 bits per heavy atom. The molecule has 0 radical (unpaired) electrons. The zero-order valence-electron chi connectivity index (χ0n) is 11.1. The van der Waals surface area contributed by atoms with Crippen LogP contribution in [0.1, 0.15) is 24.0 Å². The average Bonchev–Trinajstić information content (AvgIpc) is 2.41. The topological polar surface area (TPSA) is 61.8 Å². The molecule has 0 aliphatic carbocycles. The maximum Gasteiger partial charge on any atom is 0.143 e. The van der Waals surface area contributed by atoms with Crippen LogP contribution in [-0.2, 0) is 6.54 Å². The summed E-state index contributed by atoms with van der Waals surface area (Å²) in [6, 6.07) is 4.88. The second-order valence-electron chi connectivity index (χ2n) is 5.17. The van der Waals surface area contributed by atoms with Crippen LogP contribution < -0.4 is 5.73 Å². The van der Waals surface area contributed by atoms with Crippen molar-refractivity contribution in [3.8, 4) is 0 Å². The standard InChI is InChI=1S/C14H20FN3O/c1-10-7-13(15)5-4-11(10)8-18-6-2-3-12(9-18)14(16)17-19/h4-5,7,12,19H,2-3,6,8-9H2,1H3,(H2,16,17). The largest absolute Gasteiger partial charge is 0.409 e. The lowest BCUT2D eigenvalue weighted by Gasteiger charge is -2.32. The van der Waals surface area contributed by atoms with Gasteiger partial charge in [0.25, 0.3) is 0 Å². The van der Waals surface area contributed by atoms with Crippen LogP contribution in [0.3, 0.4) is 0 Å². The molecule has 1 fully saturated rings. The van der Waals surface area contributed by atoms with Crippen LogP contribution in [0.2, 0.25) is 0 Å². The molecule has 2 rings (SSSR count). The zero-order chi connectivity index (χ0) is 13.8. The Morgan fingerprint density at radius 1 is 1.58 bits per heavy atom. The summed E-state index contributed by atoms with van der Waals surface area (Å²) in [5, 5.41) is 11.8. The molecule has 19 heavy (non-hydrogen) atoms. The summed E-state index contributed by atoms with van der Waals surface area (Å²) in [4.78, 5) is 2.27. The van der Waals surface area contributed by atoms with Crippen molar-refractivity contribution in [1.82, 2.24) is 4.90 Å². The van der Waals surface area contributed by atoms with E-state index >= 15 is 0 Å². The van der Waals surface area contributed by atoms with Gasteiger partial charge in [-0.1, -0.05) is 11.2 Å². The summed E-state index contributed by atoms with van der Waals surface area (Å²) in [7, 11) is 0. The zero-order valence-corrected chi connectivity index (χ0v) is 11.1. The quantitative estimate of drug-likeness (QED) is 0.381. The van der Waals surface area contributed by atoms with Gasteiger partial charge in [0.1, 0.15) is 11.7 Å². The molecular weight excluding hydrogens is 245 g/mol. The number of likely N-dealkylation sites (tertiary alicyclic amines) is 1. The van der Waals surface area contributed by atoms with Crippen LogP contribution >= 0.6 is 0 Å². The fraction of sp³-hybridized carbons (Fsp3) is 0.500. The van der Waals surface area contributed by atoms with E-state index in [2.05, 4.69) is 10.1 Å². The van der Waals surface area contributed by atoms with E-state index in [-0.39, 0.29) is 11.7 Å². The van der Waals surface area contributed by atoms with Crippen molar-refractivity contribution in [2.24, 2.45) is 16.8 Å². The highest BCUT2D eigenvalue weighted by Gasteiger charge is 2.23. The summed E-state index contributed by atoms with van der Waals surface area (Å²) in [6.07, 6.45) is 1.98. The van der Waals surface area contributed by atoms with Crippen LogP contribution in [0.5, 0.6) is 0 Å². The van der Waals surface area contributed by atoms with E-state index in [1.807, 2.05) is 13.0 Å². The predicted octanol–water partition coefficient (Wildman–Crippen LogP) is 2.09. The van der Waals surface area contributed by atoms with Crippen molar-refractivity contribution in [2.45, 2.75) is 26.3 Å². The Morgan fingerprint density at radius 2 is 2.37 bits per heavy atom. The highest BCUT2D eigenvalue weighted by Crippen LogP contribution is 2.20. The van der Waals surface area contributed by atoms with E-state index < -0.39 is 0 Å². The molecule has 3 N–H and O–H groups in total. The lowest BCUT2D eigenvalue weighted by atomic mass is 9.96. The fourth-order valence-electron chi connectivity index (χ4n) is 2.60. The van der Waals surface area contributed by atoms with Crippen molar-refractivity contribution in [2.75, 3.05) is 13.1 Å². The number of amidine groups is 1. The number of halogens is 1. The SMILES string of the molecule is Cc1cc(F)ccc1CN1CCCC(/C(N)=N/O)C1. The minimum atomic E-state index is -0.200. The summed E-state index contributed by atoms with van der Waals surface area (Å²) in [5.74, 6) is 0.217. The smallest absolute Gasteiger partial charge is 0.143 e. The molecule has 0 amide bonds. The maximum atomic E-state index is 13.1. The molecule has 1 atom stereocenters. The molecule has 0 saturated carbocycles. The third-order valence-electron chi connectivity index (χ3n) is 3.74. The van der Waals surface area contributed by atoms with Crippen molar-refractivity contribution >= 4 is 5.84 Å². The first-order chi connectivity index (χ1) is 9.10. The molecule has 0 bridgehead atoms. The van der Waals surface area contributed by atoms with Crippen LogP contribution in [0, 0.1) is 18.7 Å². The lowest BCUT2D eigenvalue weighted by Crippen LogP contribution is -2.40. The number of oxime groups is 1. The number of hydrogen-bond acceptors (Lipinski definition) is 3. The number of rotatable bonds is 3. The van der Waals surface area contributed by atoms with E-state index in [9.17, 15) is 4.39 Å². The average molecular weight is 265 g/mol. The van der Waals surface area contributed by atoms with E-state index in [4.69, 9.17) is 10.9 Å². The van der Waals surface area contributed by atoms with Crippen molar-refractivity contribution in [1.29, 1.82) is 0 Å². The molecule has 1 saturated heterocycles. The molecule has 1 heterocycles. The second kappa shape index (κ2) is 6.02. The molecule has 1 aliphatic rings. The predicted molar refractivity (Wildman–Crippen MR) is 72.5 cm³/mol. The van der Waals surface area contributed by atoms with Crippen LogP contribution in [-0.4, -0.2) is 29.0 Å². The van der Waals surface area contributed by atoms with Crippen molar-refractivity contribution in [3.63, 3.8) is 0 Å². The third kappa shape index (κ3) is 3.44. The molecule has 1 aliphatic heterocycles. The first kappa shape index (κ1) is 13.8. The van der Waals surface area contributed by atoms with Crippen LogP contribution in [0.4, 0.5) is 4.39 Å². The Hall–Kier alpha value is -1.62. The van der Waals surface area contributed by atoms with Gasteiger partial charge in [0.2, 0.25) is 0 Å².